The van der Waals surface area contributed by atoms with Crippen molar-refractivity contribution in [2.45, 2.75) is 13.5 Å². The van der Waals surface area contributed by atoms with Crippen molar-refractivity contribution in [1.82, 2.24) is 14.5 Å². The van der Waals surface area contributed by atoms with Gasteiger partial charge in [0.1, 0.15) is 5.52 Å². The molecule has 0 aliphatic carbocycles. The van der Waals surface area contributed by atoms with Gasteiger partial charge in [-0.05, 0) is 13.0 Å². The molecule has 0 bridgehead atoms. The van der Waals surface area contributed by atoms with Crippen LogP contribution in [0.4, 0.5) is 5.69 Å². The fourth-order valence-corrected chi connectivity index (χ4v) is 1.45. The molecule has 0 amide bonds. The summed E-state index contributed by atoms with van der Waals surface area (Å²) in [6, 6.07) is 1.75. The van der Waals surface area contributed by atoms with Crippen molar-refractivity contribution in [1.29, 1.82) is 0 Å². The van der Waals surface area contributed by atoms with Gasteiger partial charge in [-0.3, -0.25) is 0 Å². The molecule has 5 heteroatoms. The first-order valence-electron chi connectivity index (χ1n) is 4.96. The Bertz CT molecular complexity index is 452. The minimum absolute atomic E-state index is 0.662. The number of anilines is 1. The summed E-state index contributed by atoms with van der Waals surface area (Å²) in [4.78, 5) is 8.46. The van der Waals surface area contributed by atoms with E-state index < -0.39 is 0 Å². The predicted octanol–water partition coefficient (Wildman–Crippen LogP) is 1.05. The largest absolute Gasteiger partial charge is 0.397 e. The molecule has 0 unspecified atom stereocenters. The molecule has 2 N–H and O–H groups in total. The van der Waals surface area contributed by atoms with Gasteiger partial charge in [0.2, 0.25) is 0 Å². The van der Waals surface area contributed by atoms with Crippen LogP contribution in [0.3, 0.4) is 0 Å². The van der Waals surface area contributed by atoms with E-state index in [0.29, 0.717) is 12.3 Å². The van der Waals surface area contributed by atoms with E-state index in [0.717, 1.165) is 24.3 Å². The van der Waals surface area contributed by atoms with Gasteiger partial charge in [0.15, 0.2) is 5.65 Å². The average Bonchev–Trinajstić information content (AvgIpc) is 2.64. The number of nitrogens with two attached hydrogens (primary N) is 1. The predicted molar refractivity (Wildman–Crippen MR) is 58.4 cm³/mol. The van der Waals surface area contributed by atoms with Crippen LogP contribution in [0.2, 0.25) is 0 Å². The lowest BCUT2D eigenvalue weighted by Gasteiger charge is -2.03. The van der Waals surface area contributed by atoms with E-state index >= 15 is 0 Å². The summed E-state index contributed by atoms with van der Waals surface area (Å²) in [5.74, 6) is 0. The Morgan fingerprint density at radius 3 is 3.13 bits per heavy atom. The van der Waals surface area contributed by atoms with Crippen molar-refractivity contribution < 1.29 is 4.74 Å². The van der Waals surface area contributed by atoms with Crippen LogP contribution >= 0.6 is 0 Å². The number of aromatic nitrogens is 3. The van der Waals surface area contributed by atoms with Crippen LogP contribution in [-0.2, 0) is 11.3 Å². The standard InChI is InChI=1S/C10H14N4O/c1-2-15-6-5-14-7-13-9-8(11)3-4-12-10(9)14/h3-4,7H,2,5-6H2,1H3,(H2,11,12). The Hall–Kier alpha value is -1.62. The highest BCUT2D eigenvalue weighted by Crippen LogP contribution is 2.15. The lowest BCUT2D eigenvalue weighted by atomic mass is 10.4. The summed E-state index contributed by atoms with van der Waals surface area (Å²) in [5.41, 5.74) is 8.01. The van der Waals surface area contributed by atoms with Crippen LogP contribution in [0.5, 0.6) is 0 Å². The van der Waals surface area contributed by atoms with E-state index in [9.17, 15) is 0 Å². The van der Waals surface area contributed by atoms with E-state index in [1.807, 2.05) is 11.5 Å². The highest BCUT2D eigenvalue weighted by atomic mass is 16.5. The Morgan fingerprint density at radius 2 is 2.33 bits per heavy atom. The van der Waals surface area contributed by atoms with Gasteiger partial charge in [-0.15, -0.1) is 0 Å². The molecule has 80 valence electrons. The molecule has 0 aromatic carbocycles. The van der Waals surface area contributed by atoms with E-state index in [2.05, 4.69) is 9.97 Å². The molecule has 0 saturated carbocycles. The Balaban J connectivity index is 2.25. The summed E-state index contributed by atoms with van der Waals surface area (Å²) in [6.07, 6.45) is 3.43. The number of rotatable bonds is 4. The van der Waals surface area contributed by atoms with Crippen molar-refractivity contribution in [2.24, 2.45) is 0 Å². The van der Waals surface area contributed by atoms with Crippen molar-refractivity contribution in [3.63, 3.8) is 0 Å². The smallest absolute Gasteiger partial charge is 0.162 e. The maximum atomic E-state index is 5.78. The molecule has 2 aromatic rings. The second-order valence-electron chi connectivity index (χ2n) is 3.21. The van der Waals surface area contributed by atoms with Gasteiger partial charge in [0, 0.05) is 19.3 Å². The van der Waals surface area contributed by atoms with Crippen LogP contribution in [0.15, 0.2) is 18.6 Å². The normalized spacial score (nSPS) is 11.0. The molecule has 2 rings (SSSR count). The van der Waals surface area contributed by atoms with Crippen molar-refractivity contribution in [3.8, 4) is 0 Å². The number of nitrogen functional groups attached to an aromatic ring is 1. The molecule has 0 aliphatic heterocycles. The number of fused-ring (bicyclic) bond motifs is 1. The average molecular weight is 206 g/mol. The van der Waals surface area contributed by atoms with Crippen LogP contribution in [0, 0.1) is 0 Å². The van der Waals surface area contributed by atoms with Gasteiger partial charge in [-0.1, -0.05) is 0 Å². The number of hydrogen-bond acceptors (Lipinski definition) is 4. The lowest BCUT2D eigenvalue weighted by molar-refractivity contribution is 0.139. The molecule has 2 heterocycles. The van der Waals surface area contributed by atoms with Gasteiger partial charge in [-0.25, -0.2) is 9.97 Å². The van der Waals surface area contributed by atoms with Crippen LogP contribution in [0.25, 0.3) is 11.2 Å². The second kappa shape index (κ2) is 4.27. The van der Waals surface area contributed by atoms with Crippen LogP contribution in [0.1, 0.15) is 6.92 Å². The van der Waals surface area contributed by atoms with E-state index in [1.54, 1.807) is 18.6 Å². The summed E-state index contributed by atoms with van der Waals surface area (Å²) >= 11 is 0. The Labute approximate surface area is 87.9 Å². The summed E-state index contributed by atoms with van der Waals surface area (Å²) in [5, 5.41) is 0. The minimum Gasteiger partial charge on any atom is -0.397 e. The molecule has 2 aromatic heterocycles. The molecule has 0 spiro atoms. The molecule has 0 saturated heterocycles. The Kier molecular flexibility index (Phi) is 2.82. The molecule has 0 aliphatic rings. The minimum atomic E-state index is 0.662. The lowest BCUT2D eigenvalue weighted by Crippen LogP contribution is -2.05. The first-order valence-corrected chi connectivity index (χ1v) is 4.96. The first-order chi connectivity index (χ1) is 7.33. The fourth-order valence-electron chi connectivity index (χ4n) is 1.45. The molecular weight excluding hydrogens is 192 g/mol. The van der Waals surface area contributed by atoms with Gasteiger partial charge in [0.25, 0.3) is 0 Å². The molecule has 15 heavy (non-hydrogen) atoms. The monoisotopic (exact) mass is 206 g/mol. The molecule has 5 nitrogen and oxygen atoms in total. The van der Waals surface area contributed by atoms with Gasteiger partial charge in [0.05, 0.1) is 18.6 Å². The molecule has 0 atom stereocenters. The fraction of sp³-hybridized carbons (Fsp3) is 0.400. The number of nitrogens with zero attached hydrogens (tertiary/aromatic N) is 3. The summed E-state index contributed by atoms with van der Waals surface area (Å²) in [7, 11) is 0. The highest BCUT2D eigenvalue weighted by Gasteiger charge is 2.05. The third-order valence-corrected chi connectivity index (χ3v) is 2.22. The van der Waals surface area contributed by atoms with Crippen molar-refractivity contribution in [2.75, 3.05) is 18.9 Å². The summed E-state index contributed by atoms with van der Waals surface area (Å²) < 4.78 is 7.22. The first kappa shape index (κ1) is 9.92. The van der Waals surface area contributed by atoms with Gasteiger partial charge < -0.3 is 15.0 Å². The zero-order chi connectivity index (χ0) is 10.7. The molecular formula is C10H14N4O. The van der Waals surface area contributed by atoms with Gasteiger partial charge >= 0.3 is 0 Å². The van der Waals surface area contributed by atoms with Crippen LogP contribution < -0.4 is 5.73 Å². The SMILES string of the molecule is CCOCCn1cnc2c(N)ccnc21. The third-order valence-electron chi connectivity index (χ3n) is 2.22. The molecule has 0 fully saturated rings. The number of ether oxygens (including phenoxy) is 1. The quantitative estimate of drug-likeness (QED) is 0.759. The Morgan fingerprint density at radius 1 is 1.47 bits per heavy atom. The van der Waals surface area contributed by atoms with E-state index in [-0.39, 0.29) is 0 Å². The zero-order valence-corrected chi connectivity index (χ0v) is 8.68. The summed E-state index contributed by atoms with van der Waals surface area (Å²) in [6.45, 7) is 4.11. The highest BCUT2D eigenvalue weighted by molar-refractivity contribution is 5.83. The maximum absolute atomic E-state index is 5.78. The van der Waals surface area contributed by atoms with Crippen molar-refractivity contribution in [3.05, 3.63) is 18.6 Å². The van der Waals surface area contributed by atoms with Crippen molar-refractivity contribution >= 4 is 16.9 Å². The van der Waals surface area contributed by atoms with Crippen LogP contribution in [-0.4, -0.2) is 27.7 Å². The number of hydrogen-bond donors (Lipinski definition) is 1. The molecule has 0 radical (unpaired) electrons. The second-order valence-corrected chi connectivity index (χ2v) is 3.21. The zero-order valence-electron chi connectivity index (χ0n) is 8.68. The number of imidazole rings is 1. The number of pyridine rings is 1. The maximum Gasteiger partial charge on any atom is 0.162 e. The third kappa shape index (κ3) is 1.92. The topological polar surface area (TPSA) is 66.0 Å². The van der Waals surface area contributed by atoms with E-state index in [1.165, 1.54) is 0 Å². The van der Waals surface area contributed by atoms with Gasteiger partial charge in [-0.2, -0.15) is 0 Å². The van der Waals surface area contributed by atoms with E-state index in [4.69, 9.17) is 10.5 Å².